The maximum atomic E-state index is 12.3. The molecule has 1 saturated heterocycles. The van der Waals surface area contributed by atoms with E-state index in [1.54, 1.807) is 0 Å². The number of nitrogens with zero attached hydrogens (tertiary/aromatic N) is 1. The summed E-state index contributed by atoms with van der Waals surface area (Å²) < 4.78 is 3.29. The van der Waals surface area contributed by atoms with Crippen LogP contribution in [0.4, 0.5) is 0 Å². The third-order valence-corrected chi connectivity index (χ3v) is 4.78. The number of hydrogen-bond acceptors (Lipinski definition) is 2. The highest BCUT2D eigenvalue weighted by molar-refractivity contribution is 14.1. The van der Waals surface area contributed by atoms with Crippen molar-refractivity contribution < 1.29 is 4.79 Å². The Morgan fingerprint density at radius 1 is 1.06 bits per heavy atom. The fourth-order valence-corrected chi connectivity index (χ4v) is 3.44. The molecule has 1 saturated carbocycles. The molecule has 0 spiro atoms. The molecule has 0 aromatic rings. The van der Waals surface area contributed by atoms with Crippen molar-refractivity contribution in [2.45, 2.75) is 51.0 Å². The van der Waals surface area contributed by atoms with Crippen molar-refractivity contribution in [3.63, 3.8) is 0 Å². The van der Waals surface area contributed by atoms with Gasteiger partial charge in [-0.15, -0.1) is 0 Å². The summed E-state index contributed by atoms with van der Waals surface area (Å²) in [6.07, 6.45) is 8.19. The van der Waals surface area contributed by atoms with Gasteiger partial charge in [-0.1, -0.05) is 0 Å². The quantitative estimate of drug-likeness (QED) is 0.621. The van der Waals surface area contributed by atoms with Crippen LogP contribution >= 0.6 is 22.9 Å². The smallest absolute Gasteiger partial charge is 0.225 e. The summed E-state index contributed by atoms with van der Waals surface area (Å²) in [5.41, 5.74) is 0. The molecule has 1 amide bonds. The Morgan fingerprint density at radius 3 is 2.25 bits per heavy atom. The maximum Gasteiger partial charge on any atom is 0.225 e. The lowest BCUT2D eigenvalue weighted by molar-refractivity contribution is -0.137. The third kappa shape index (κ3) is 3.09. The van der Waals surface area contributed by atoms with Gasteiger partial charge < -0.3 is 4.90 Å². The number of halogens is 1. The van der Waals surface area contributed by atoms with E-state index in [2.05, 4.69) is 31.3 Å². The van der Waals surface area contributed by atoms with Gasteiger partial charge in [0.1, 0.15) is 0 Å². The zero-order valence-corrected chi connectivity index (χ0v) is 11.9. The standard InChI is InChI=1S/C12H21IN2O/c13-14-11-6-4-10(5-7-11)12(16)15-8-2-1-3-9-15/h10-11,14H,1-9H2/t10-,11-. The fourth-order valence-electron chi connectivity index (χ4n) is 2.82. The molecule has 2 rings (SSSR count). The number of piperidine rings is 1. The van der Waals surface area contributed by atoms with Crippen molar-refractivity contribution in [1.82, 2.24) is 8.43 Å². The SMILES string of the molecule is O=C([C@H]1CC[C@H](NI)CC1)N1CCCCC1. The van der Waals surface area contributed by atoms with Gasteiger partial charge >= 0.3 is 0 Å². The molecule has 16 heavy (non-hydrogen) atoms. The average Bonchev–Trinajstić information content (AvgIpc) is 2.39. The molecule has 2 aliphatic rings. The van der Waals surface area contributed by atoms with E-state index in [0.717, 1.165) is 38.8 Å². The summed E-state index contributed by atoms with van der Waals surface area (Å²) in [5.74, 6) is 0.755. The molecule has 1 aliphatic heterocycles. The Labute approximate surface area is 112 Å². The van der Waals surface area contributed by atoms with Crippen LogP contribution < -0.4 is 3.53 Å². The highest BCUT2D eigenvalue weighted by Crippen LogP contribution is 2.27. The number of amides is 1. The van der Waals surface area contributed by atoms with E-state index in [1.807, 2.05) is 0 Å². The van der Waals surface area contributed by atoms with Crippen molar-refractivity contribution in [3.05, 3.63) is 0 Å². The Bertz CT molecular complexity index is 233. The van der Waals surface area contributed by atoms with E-state index in [4.69, 9.17) is 0 Å². The Morgan fingerprint density at radius 2 is 1.69 bits per heavy atom. The zero-order valence-electron chi connectivity index (χ0n) is 9.75. The number of rotatable bonds is 2. The fraction of sp³-hybridized carbons (Fsp3) is 0.917. The lowest BCUT2D eigenvalue weighted by atomic mass is 9.85. The molecule has 2 fully saturated rings. The second-order valence-electron chi connectivity index (χ2n) is 5.04. The summed E-state index contributed by atoms with van der Waals surface area (Å²) in [6, 6.07) is 0.631. The third-order valence-electron chi connectivity index (χ3n) is 3.90. The van der Waals surface area contributed by atoms with Crippen molar-refractivity contribution in [2.24, 2.45) is 5.92 Å². The molecule has 0 radical (unpaired) electrons. The topological polar surface area (TPSA) is 32.3 Å². The minimum Gasteiger partial charge on any atom is -0.342 e. The largest absolute Gasteiger partial charge is 0.342 e. The molecule has 0 atom stereocenters. The lowest BCUT2D eigenvalue weighted by Gasteiger charge is -2.33. The van der Waals surface area contributed by atoms with Crippen LogP contribution in [0.25, 0.3) is 0 Å². The van der Waals surface area contributed by atoms with Crippen LogP contribution in [-0.2, 0) is 4.79 Å². The van der Waals surface area contributed by atoms with Crippen LogP contribution in [0.2, 0.25) is 0 Å². The van der Waals surface area contributed by atoms with Gasteiger partial charge in [0.2, 0.25) is 5.91 Å². The highest BCUT2D eigenvalue weighted by atomic mass is 127. The van der Waals surface area contributed by atoms with Crippen LogP contribution in [0, 0.1) is 5.92 Å². The molecule has 0 bridgehead atoms. The number of carbonyl (C=O) groups excluding carboxylic acids is 1. The second kappa shape index (κ2) is 6.19. The van der Waals surface area contributed by atoms with Crippen molar-refractivity contribution in [2.75, 3.05) is 13.1 Å². The first-order valence-corrected chi connectivity index (χ1v) is 7.54. The van der Waals surface area contributed by atoms with Crippen molar-refractivity contribution in [3.8, 4) is 0 Å². The van der Waals surface area contributed by atoms with Gasteiger partial charge in [-0.2, -0.15) is 0 Å². The summed E-state index contributed by atoms with van der Waals surface area (Å²) in [5, 5.41) is 0. The minimum absolute atomic E-state index is 0.319. The van der Waals surface area contributed by atoms with Crippen LogP contribution in [0.1, 0.15) is 44.9 Å². The van der Waals surface area contributed by atoms with Crippen LogP contribution in [0.15, 0.2) is 0 Å². The van der Waals surface area contributed by atoms with Crippen molar-refractivity contribution >= 4 is 28.8 Å². The molecule has 4 heteroatoms. The first-order chi connectivity index (χ1) is 7.81. The lowest BCUT2D eigenvalue weighted by Crippen LogP contribution is -2.41. The summed E-state index contributed by atoms with van der Waals surface area (Å²) in [6.45, 7) is 2.01. The van der Waals surface area contributed by atoms with Crippen LogP contribution in [0.5, 0.6) is 0 Å². The maximum absolute atomic E-state index is 12.3. The first-order valence-electron chi connectivity index (χ1n) is 6.46. The predicted octanol–water partition coefficient (Wildman–Crippen LogP) is 2.50. The summed E-state index contributed by atoms with van der Waals surface area (Å²) in [7, 11) is 0. The Balaban J connectivity index is 1.81. The monoisotopic (exact) mass is 336 g/mol. The molecule has 1 N–H and O–H groups in total. The Hall–Kier alpha value is 0.160. The van der Waals surface area contributed by atoms with E-state index in [9.17, 15) is 4.79 Å². The number of nitrogens with one attached hydrogen (secondary N) is 1. The van der Waals surface area contributed by atoms with Crippen LogP contribution in [-0.4, -0.2) is 29.9 Å². The number of hydrogen-bond donors (Lipinski definition) is 1. The minimum atomic E-state index is 0.319. The molecule has 1 heterocycles. The molecule has 1 aliphatic carbocycles. The number of carbonyl (C=O) groups is 1. The van der Waals surface area contributed by atoms with E-state index >= 15 is 0 Å². The van der Waals surface area contributed by atoms with E-state index < -0.39 is 0 Å². The molecule has 0 aromatic carbocycles. The average molecular weight is 336 g/mol. The van der Waals surface area contributed by atoms with E-state index in [-0.39, 0.29) is 0 Å². The van der Waals surface area contributed by atoms with Gasteiger partial charge in [0.05, 0.1) is 0 Å². The second-order valence-corrected chi connectivity index (χ2v) is 5.67. The van der Waals surface area contributed by atoms with Gasteiger partial charge in [-0.25, -0.2) is 0 Å². The zero-order chi connectivity index (χ0) is 11.4. The molecule has 92 valence electrons. The molecule has 3 nitrogen and oxygen atoms in total. The van der Waals surface area contributed by atoms with Gasteiger partial charge in [0.25, 0.3) is 0 Å². The normalized spacial score (nSPS) is 31.4. The van der Waals surface area contributed by atoms with E-state index in [0.29, 0.717) is 17.9 Å². The first kappa shape index (κ1) is 12.6. The highest BCUT2D eigenvalue weighted by Gasteiger charge is 2.29. The molecular formula is C12H21IN2O. The predicted molar refractivity (Wildman–Crippen MR) is 73.3 cm³/mol. The number of likely N-dealkylation sites (tertiary alicyclic amines) is 1. The van der Waals surface area contributed by atoms with Crippen molar-refractivity contribution in [1.29, 1.82) is 0 Å². The van der Waals surface area contributed by atoms with Crippen LogP contribution in [0.3, 0.4) is 0 Å². The van der Waals surface area contributed by atoms with Gasteiger partial charge in [0, 0.05) is 47.9 Å². The molecule has 0 aromatic heterocycles. The van der Waals surface area contributed by atoms with Gasteiger partial charge in [0.15, 0.2) is 0 Å². The molecule has 0 unspecified atom stereocenters. The summed E-state index contributed by atoms with van der Waals surface area (Å²) in [4.78, 5) is 14.4. The van der Waals surface area contributed by atoms with Gasteiger partial charge in [-0.05, 0) is 44.9 Å². The van der Waals surface area contributed by atoms with Gasteiger partial charge in [-0.3, -0.25) is 8.32 Å². The Kier molecular flexibility index (Phi) is 4.88. The summed E-state index contributed by atoms with van der Waals surface area (Å²) >= 11 is 2.23. The van der Waals surface area contributed by atoms with E-state index in [1.165, 1.54) is 19.3 Å². The molecular weight excluding hydrogens is 315 g/mol.